The lowest BCUT2D eigenvalue weighted by Gasteiger charge is -2.31. The highest BCUT2D eigenvalue weighted by atomic mass is 32.2. The molecule has 0 unspecified atom stereocenters. The molecule has 0 saturated carbocycles. The Morgan fingerprint density at radius 3 is 2.41 bits per heavy atom. The molecule has 1 saturated heterocycles. The Kier molecular flexibility index (Phi) is 6.31. The third-order valence-electron chi connectivity index (χ3n) is 4.04. The average molecular weight is 320 g/mol. The van der Waals surface area contributed by atoms with E-state index in [4.69, 9.17) is 0 Å². The summed E-state index contributed by atoms with van der Waals surface area (Å²) in [6, 6.07) is 7.72. The molecule has 1 aliphatic heterocycles. The van der Waals surface area contributed by atoms with E-state index < -0.39 is 0 Å². The van der Waals surface area contributed by atoms with Gasteiger partial charge in [0.25, 0.3) is 5.91 Å². The fourth-order valence-corrected chi connectivity index (χ4v) is 3.06. The molecular formula is C17H24N2O2S. The molecule has 0 aromatic heterocycles. The molecule has 22 heavy (non-hydrogen) atoms. The van der Waals surface area contributed by atoms with Crippen molar-refractivity contribution in [2.75, 3.05) is 25.9 Å². The van der Waals surface area contributed by atoms with E-state index >= 15 is 0 Å². The summed E-state index contributed by atoms with van der Waals surface area (Å²) in [6.07, 6.45) is 4.48. The molecule has 1 heterocycles. The molecule has 2 rings (SSSR count). The van der Waals surface area contributed by atoms with E-state index in [-0.39, 0.29) is 17.7 Å². The molecule has 1 N–H and O–H groups in total. The molecule has 0 radical (unpaired) electrons. The second-order valence-electron chi connectivity index (χ2n) is 5.59. The van der Waals surface area contributed by atoms with Crippen LogP contribution in [0.25, 0.3) is 0 Å². The number of rotatable bonds is 5. The molecule has 1 aliphatic rings. The first kappa shape index (κ1) is 16.9. The highest BCUT2D eigenvalue weighted by molar-refractivity contribution is 7.98. The lowest BCUT2D eigenvalue weighted by Crippen LogP contribution is -2.43. The van der Waals surface area contributed by atoms with Crippen molar-refractivity contribution >= 4 is 23.6 Å². The van der Waals surface area contributed by atoms with Gasteiger partial charge in [-0.25, -0.2) is 0 Å². The van der Waals surface area contributed by atoms with Crippen LogP contribution in [0.1, 0.15) is 36.5 Å². The first-order valence-electron chi connectivity index (χ1n) is 7.86. The van der Waals surface area contributed by atoms with Crippen molar-refractivity contribution in [3.63, 3.8) is 0 Å². The summed E-state index contributed by atoms with van der Waals surface area (Å²) >= 11 is 1.67. The van der Waals surface area contributed by atoms with Crippen LogP contribution < -0.4 is 5.32 Å². The lowest BCUT2D eigenvalue weighted by molar-refractivity contribution is -0.126. The molecule has 0 spiro atoms. The van der Waals surface area contributed by atoms with Gasteiger partial charge in [0.05, 0.1) is 0 Å². The van der Waals surface area contributed by atoms with E-state index in [1.165, 1.54) is 0 Å². The zero-order valence-corrected chi connectivity index (χ0v) is 14.1. The van der Waals surface area contributed by atoms with Crippen molar-refractivity contribution in [1.82, 2.24) is 10.2 Å². The summed E-state index contributed by atoms with van der Waals surface area (Å²) < 4.78 is 0. The topological polar surface area (TPSA) is 49.4 Å². The van der Waals surface area contributed by atoms with Gasteiger partial charge >= 0.3 is 0 Å². The van der Waals surface area contributed by atoms with E-state index in [1.54, 1.807) is 11.8 Å². The van der Waals surface area contributed by atoms with Gasteiger partial charge in [-0.1, -0.05) is 6.92 Å². The van der Waals surface area contributed by atoms with Gasteiger partial charge in [-0.15, -0.1) is 11.8 Å². The zero-order chi connectivity index (χ0) is 15.9. The second kappa shape index (κ2) is 8.22. The molecule has 0 bridgehead atoms. The van der Waals surface area contributed by atoms with Crippen LogP contribution in [0.2, 0.25) is 0 Å². The molecule has 1 fully saturated rings. The fraction of sp³-hybridized carbons (Fsp3) is 0.529. The normalized spacial score (nSPS) is 15.6. The van der Waals surface area contributed by atoms with Crippen molar-refractivity contribution < 1.29 is 9.59 Å². The number of hydrogen-bond acceptors (Lipinski definition) is 3. The monoisotopic (exact) mass is 320 g/mol. The van der Waals surface area contributed by atoms with Crippen LogP contribution in [-0.4, -0.2) is 42.6 Å². The zero-order valence-electron chi connectivity index (χ0n) is 13.3. The van der Waals surface area contributed by atoms with Gasteiger partial charge < -0.3 is 10.2 Å². The summed E-state index contributed by atoms with van der Waals surface area (Å²) in [5.41, 5.74) is 0.728. The van der Waals surface area contributed by atoms with E-state index in [9.17, 15) is 9.59 Å². The smallest absolute Gasteiger partial charge is 0.253 e. The molecule has 1 aromatic carbocycles. The van der Waals surface area contributed by atoms with Crippen LogP contribution in [-0.2, 0) is 4.79 Å². The van der Waals surface area contributed by atoms with Crippen LogP contribution in [0, 0.1) is 5.92 Å². The number of amides is 2. The number of benzene rings is 1. The van der Waals surface area contributed by atoms with Gasteiger partial charge in [0.2, 0.25) is 5.91 Å². The highest BCUT2D eigenvalue weighted by Crippen LogP contribution is 2.21. The Morgan fingerprint density at radius 2 is 1.86 bits per heavy atom. The van der Waals surface area contributed by atoms with Crippen LogP contribution >= 0.6 is 11.8 Å². The average Bonchev–Trinajstić information content (AvgIpc) is 2.59. The van der Waals surface area contributed by atoms with Gasteiger partial charge in [-0.05, 0) is 49.8 Å². The molecule has 0 aliphatic carbocycles. The Morgan fingerprint density at radius 1 is 1.23 bits per heavy atom. The Labute approximate surface area is 136 Å². The van der Waals surface area contributed by atoms with E-state index in [0.29, 0.717) is 13.1 Å². The number of piperidine rings is 1. The van der Waals surface area contributed by atoms with Gasteiger partial charge in [0.15, 0.2) is 0 Å². The SMILES string of the molecule is CCCNC(=O)C1CCN(C(=O)c2ccc(SC)cc2)CC1. The molecular weight excluding hydrogens is 296 g/mol. The van der Waals surface area contributed by atoms with E-state index in [0.717, 1.165) is 36.3 Å². The summed E-state index contributed by atoms with van der Waals surface area (Å²) in [5.74, 6) is 0.257. The number of thioether (sulfide) groups is 1. The summed E-state index contributed by atoms with van der Waals surface area (Å²) in [7, 11) is 0. The fourth-order valence-electron chi connectivity index (χ4n) is 2.65. The molecule has 0 atom stereocenters. The van der Waals surface area contributed by atoms with Crippen molar-refractivity contribution in [3.8, 4) is 0 Å². The molecule has 120 valence electrons. The number of hydrogen-bond donors (Lipinski definition) is 1. The van der Waals surface area contributed by atoms with E-state index in [2.05, 4.69) is 5.32 Å². The summed E-state index contributed by atoms with van der Waals surface area (Å²) in [5, 5.41) is 2.95. The first-order chi connectivity index (χ1) is 10.7. The minimum atomic E-state index is 0.0504. The highest BCUT2D eigenvalue weighted by Gasteiger charge is 2.27. The predicted octanol–water partition coefficient (Wildman–Crippen LogP) is 2.79. The minimum absolute atomic E-state index is 0.0504. The number of carbonyl (C=O) groups excluding carboxylic acids is 2. The Balaban J connectivity index is 1.87. The van der Waals surface area contributed by atoms with Gasteiger partial charge in [0, 0.05) is 36.0 Å². The Hall–Kier alpha value is -1.49. The number of nitrogens with one attached hydrogen (secondary N) is 1. The molecule has 2 amide bonds. The molecule has 5 heteroatoms. The van der Waals surface area contributed by atoms with Crippen LogP contribution in [0.5, 0.6) is 0 Å². The third kappa shape index (κ3) is 4.26. The van der Waals surface area contributed by atoms with Crippen LogP contribution in [0.15, 0.2) is 29.2 Å². The number of likely N-dealkylation sites (tertiary alicyclic amines) is 1. The maximum absolute atomic E-state index is 12.5. The lowest BCUT2D eigenvalue weighted by atomic mass is 9.95. The van der Waals surface area contributed by atoms with Gasteiger partial charge in [0.1, 0.15) is 0 Å². The van der Waals surface area contributed by atoms with Gasteiger partial charge in [-0.2, -0.15) is 0 Å². The quantitative estimate of drug-likeness (QED) is 0.849. The van der Waals surface area contributed by atoms with Crippen molar-refractivity contribution in [2.24, 2.45) is 5.92 Å². The Bertz CT molecular complexity index is 508. The largest absolute Gasteiger partial charge is 0.356 e. The molecule has 1 aromatic rings. The second-order valence-corrected chi connectivity index (χ2v) is 6.47. The van der Waals surface area contributed by atoms with Crippen LogP contribution in [0.3, 0.4) is 0 Å². The van der Waals surface area contributed by atoms with Crippen molar-refractivity contribution in [2.45, 2.75) is 31.1 Å². The van der Waals surface area contributed by atoms with E-state index in [1.807, 2.05) is 42.3 Å². The number of carbonyl (C=O) groups is 2. The molecule has 4 nitrogen and oxygen atoms in total. The number of nitrogens with zero attached hydrogens (tertiary/aromatic N) is 1. The summed E-state index contributed by atoms with van der Waals surface area (Å²) in [6.45, 7) is 4.10. The summed E-state index contributed by atoms with van der Waals surface area (Å²) in [4.78, 5) is 27.4. The maximum Gasteiger partial charge on any atom is 0.253 e. The van der Waals surface area contributed by atoms with Crippen molar-refractivity contribution in [1.29, 1.82) is 0 Å². The standard InChI is InChI=1S/C17H24N2O2S/c1-3-10-18-16(20)13-8-11-19(12-9-13)17(21)14-4-6-15(22-2)7-5-14/h4-7,13H,3,8-12H2,1-2H3,(H,18,20). The predicted molar refractivity (Wildman–Crippen MR) is 90.2 cm³/mol. The van der Waals surface area contributed by atoms with Crippen LogP contribution in [0.4, 0.5) is 0 Å². The maximum atomic E-state index is 12.5. The third-order valence-corrected chi connectivity index (χ3v) is 4.78. The minimum Gasteiger partial charge on any atom is -0.356 e. The van der Waals surface area contributed by atoms with Gasteiger partial charge in [-0.3, -0.25) is 9.59 Å². The van der Waals surface area contributed by atoms with Crippen molar-refractivity contribution in [3.05, 3.63) is 29.8 Å². The first-order valence-corrected chi connectivity index (χ1v) is 9.09.